The van der Waals surface area contributed by atoms with Gasteiger partial charge in [0.15, 0.2) is 5.65 Å². The number of esters is 1. The first kappa shape index (κ1) is 14.0. The second-order valence-electron chi connectivity index (χ2n) is 4.58. The van der Waals surface area contributed by atoms with Gasteiger partial charge in [0.05, 0.1) is 12.8 Å². The fourth-order valence-electron chi connectivity index (χ4n) is 2.15. The van der Waals surface area contributed by atoms with E-state index < -0.39 is 5.97 Å². The molecular formula is C15H15N5O2. The summed E-state index contributed by atoms with van der Waals surface area (Å²) in [6.07, 6.45) is 2.86. The summed E-state index contributed by atoms with van der Waals surface area (Å²) < 4.78 is 6.54. The first-order valence-electron chi connectivity index (χ1n) is 6.87. The van der Waals surface area contributed by atoms with Gasteiger partial charge >= 0.3 is 5.97 Å². The molecule has 0 aliphatic heterocycles. The van der Waals surface area contributed by atoms with Crippen LogP contribution >= 0.6 is 0 Å². The van der Waals surface area contributed by atoms with Gasteiger partial charge in [0, 0.05) is 12.7 Å². The van der Waals surface area contributed by atoms with Crippen LogP contribution in [0.1, 0.15) is 17.3 Å². The summed E-state index contributed by atoms with van der Waals surface area (Å²) in [5.74, 6) is 0.122. The number of aromatic nitrogens is 4. The summed E-state index contributed by atoms with van der Waals surface area (Å²) >= 11 is 0. The Morgan fingerprint density at radius 1 is 1.27 bits per heavy atom. The average Bonchev–Trinajstić information content (AvgIpc) is 2.99. The minimum absolute atomic E-state index is 0.304. The SMILES string of the molecule is CCOC(=O)c1cnn2c(N(C)c3ccccc3)ncnc12. The van der Waals surface area contributed by atoms with E-state index >= 15 is 0 Å². The summed E-state index contributed by atoms with van der Waals surface area (Å²) in [4.78, 5) is 22.2. The van der Waals surface area contributed by atoms with E-state index in [4.69, 9.17) is 4.74 Å². The van der Waals surface area contributed by atoms with Gasteiger partial charge in [-0.05, 0) is 19.1 Å². The standard InChI is InChI=1S/C15H15N5O2/c1-3-22-14(21)12-9-18-20-13(12)16-10-17-15(20)19(2)11-7-5-4-6-8-11/h4-10H,3H2,1-2H3. The summed E-state index contributed by atoms with van der Waals surface area (Å²) in [5, 5.41) is 4.22. The lowest BCUT2D eigenvalue weighted by Crippen LogP contribution is -2.16. The number of fused-ring (bicyclic) bond motifs is 1. The molecule has 0 radical (unpaired) electrons. The van der Waals surface area contributed by atoms with Crippen molar-refractivity contribution >= 4 is 23.3 Å². The number of benzene rings is 1. The molecule has 0 amide bonds. The molecule has 0 unspecified atom stereocenters. The van der Waals surface area contributed by atoms with Crippen molar-refractivity contribution in [2.45, 2.75) is 6.92 Å². The molecule has 0 bridgehead atoms. The van der Waals surface area contributed by atoms with Gasteiger partial charge in [-0.25, -0.2) is 14.8 Å². The number of ether oxygens (including phenoxy) is 1. The van der Waals surface area contributed by atoms with E-state index in [0.29, 0.717) is 23.8 Å². The Kier molecular flexibility index (Phi) is 3.69. The molecule has 0 saturated carbocycles. The van der Waals surface area contributed by atoms with Gasteiger partial charge in [-0.3, -0.25) is 0 Å². The number of hydrogen-bond acceptors (Lipinski definition) is 6. The first-order chi connectivity index (χ1) is 10.7. The maximum atomic E-state index is 11.9. The van der Waals surface area contributed by atoms with Gasteiger partial charge in [-0.15, -0.1) is 0 Å². The van der Waals surface area contributed by atoms with Crippen molar-refractivity contribution < 1.29 is 9.53 Å². The molecule has 1 aromatic carbocycles. The highest BCUT2D eigenvalue weighted by Crippen LogP contribution is 2.22. The molecule has 22 heavy (non-hydrogen) atoms. The third kappa shape index (κ3) is 2.37. The van der Waals surface area contributed by atoms with Crippen molar-refractivity contribution in [2.75, 3.05) is 18.6 Å². The van der Waals surface area contributed by atoms with Crippen molar-refractivity contribution in [3.05, 3.63) is 48.4 Å². The van der Waals surface area contributed by atoms with Crippen LogP contribution in [-0.4, -0.2) is 39.2 Å². The molecular weight excluding hydrogens is 282 g/mol. The summed E-state index contributed by atoms with van der Waals surface area (Å²) in [6.45, 7) is 2.06. The zero-order valence-electron chi connectivity index (χ0n) is 12.3. The van der Waals surface area contributed by atoms with Crippen LogP contribution in [-0.2, 0) is 4.74 Å². The third-order valence-electron chi connectivity index (χ3n) is 3.23. The molecule has 0 spiro atoms. The largest absolute Gasteiger partial charge is 0.462 e. The molecule has 2 aromatic heterocycles. The fraction of sp³-hybridized carbons (Fsp3) is 0.200. The molecule has 0 N–H and O–H groups in total. The lowest BCUT2D eigenvalue weighted by molar-refractivity contribution is 0.0528. The van der Waals surface area contributed by atoms with E-state index in [0.717, 1.165) is 5.69 Å². The molecule has 3 aromatic rings. The molecule has 7 heteroatoms. The maximum Gasteiger partial charge on any atom is 0.343 e. The highest BCUT2D eigenvalue weighted by molar-refractivity contribution is 5.95. The minimum Gasteiger partial charge on any atom is -0.462 e. The van der Waals surface area contributed by atoms with Crippen molar-refractivity contribution in [2.24, 2.45) is 0 Å². The molecule has 0 aliphatic carbocycles. The van der Waals surface area contributed by atoms with Gasteiger partial charge in [0.2, 0.25) is 5.95 Å². The van der Waals surface area contributed by atoms with E-state index in [1.165, 1.54) is 17.0 Å². The van der Waals surface area contributed by atoms with Crippen molar-refractivity contribution in [3.63, 3.8) is 0 Å². The van der Waals surface area contributed by atoms with Crippen LogP contribution < -0.4 is 4.90 Å². The molecule has 0 atom stereocenters. The van der Waals surface area contributed by atoms with Gasteiger partial charge in [-0.2, -0.15) is 9.61 Å². The van der Waals surface area contributed by atoms with Crippen LogP contribution in [0, 0.1) is 0 Å². The molecule has 7 nitrogen and oxygen atoms in total. The Labute approximate surface area is 127 Å². The summed E-state index contributed by atoms with van der Waals surface area (Å²) in [6, 6.07) is 9.75. The quantitative estimate of drug-likeness (QED) is 0.686. The van der Waals surface area contributed by atoms with Crippen LogP contribution in [0.25, 0.3) is 5.65 Å². The number of anilines is 2. The smallest absolute Gasteiger partial charge is 0.343 e. The maximum absolute atomic E-state index is 11.9. The van der Waals surface area contributed by atoms with Gasteiger partial charge < -0.3 is 9.64 Å². The Hall–Kier alpha value is -2.96. The van der Waals surface area contributed by atoms with Crippen molar-refractivity contribution in [1.82, 2.24) is 19.6 Å². The van der Waals surface area contributed by atoms with Crippen LogP contribution in [0.4, 0.5) is 11.6 Å². The molecule has 3 rings (SSSR count). The molecule has 112 valence electrons. The van der Waals surface area contributed by atoms with Crippen LogP contribution in [0.2, 0.25) is 0 Å². The minimum atomic E-state index is -0.440. The highest BCUT2D eigenvalue weighted by atomic mass is 16.5. The third-order valence-corrected chi connectivity index (χ3v) is 3.23. The predicted molar refractivity (Wildman–Crippen MR) is 81.2 cm³/mol. The highest BCUT2D eigenvalue weighted by Gasteiger charge is 2.18. The van der Waals surface area contributed by atoms with E-state index in [-0.39, 0.29) is 0 Å². The fourth-order valence-corrected chi connectivity index (χ4v) is 2.15. The van der Waals surface area contributed by atoms with E-state index in [9.17, 15) is 4.79 Å². The second-order valence-corrected chi connectivity index (χ2v) is 4.58. The molecule has 0 fully saturated rings. The van der Waals surface area contributed by atoms with E-state index in [1.807, 2.05) is 42.3 Å². The number of hydrogen-bond donors (Lipinski definition) is 0. The Balaban J connectivity index is 2.07. The normalized spacial score (nSPS) is 10.6. The number of rotatable bonds is 4. The number of nitrogens with zero attached hydrogens (tertiary/aromatic N) is 5. The molecule has 0 saturated heterocycles. The number of para-hydroxylation sites is 1. The van der Waals surface area contributed by atoms with Gasteiger partial charge in [-0.1, -0.05) is 18.2 Å². The molecule has 2 heterocycles. The monoisotopic (exact) mass is 297 g/mol. The zero-order valence-corrected chi connectivity index (χ0v) is 12.3. The van der Waals surface area contributed by atoms with Crippen LogP contribution in [0.3, 0.4) is 0 Å². The Bertz CT molecular complexity index is 800. The topological polar surface area (TPSA) is 72.6 Å². The van der Waals surface area contributed by atoms with Crippen LogP contribution in [0.5, 0.6) is 0 Å². The molecule has 0 aliphatic rings. The summed E-state index contributed by atoms with van der Waals surface area (Å²) in [5.41, 5.74) is 1.70. The lowest BCUT2D eigenvalue weighted by atomic mass is 10.3. The predicted octanol–water partition coefficient (Wildman–Crippen LogP) is 2.07. The van der Waals surface area contributed by atoms with Crippen molar-refractivity contribution in [1.29, 1.82) is 0 Å². The lowest BCUT2D eigenvalue weighted by Gasteiger charge is -2.18. The van der Waals surface area contributed by atoms with Crippen LogP contribution in [0.15, 0.2) is 42.9 Å². The van der Waals surface area contributed by atoms with E-state index in [2.05, 4.69) is 15.1 Å². The number of carbonyl (C=O) groups is 1. The van der Waals surface area contributed by atoms with Gasteiger partial charge in [0.25, 0.3) is 0 Å². The Morgan fingerprint density at radius 2 is 2.05 bits per heavy atom. The van der Waals surface area contributed by atoms with Gasteiger partial charge in [0.1, 0.15) is 11.9 Å². The van der Waals surface area contributed by atoms with Crippen molar-refractivity contribution in [3.8, 4) is 0 Å². The summed E-state index contributed by atoms with van der Waals surface area (Å²) in [7, 11) is 1.88. The zero-order chi connectivity index (χ0) is 15.5. The number of carbonyl (C=O) groups excluding carboxylic acids is 1. The first-order valence-corrected chi connectivity index (χ1v) is 6.87. The van der Waals surface area contributed by atoms with E-state index in [1.54, 1.807) is 6.92 Å². The second kappa shape index (κ2) is 5.80. The average molecular weight is 297 g/mol. The Morgan fingerprint density at radius 3 is 2.77 bits per heavy atom.